The van der Waals surface area contributed by atoms with Crippen LogP contribution in [0.5, 0.6) is 5.75 Å². The van der Waals surface area contributed by atoms with E-state index in [0.717, 1.165) is 11.6 Å². The summed E-state index contributed by atoms with van der Waals surface area (Å²) in [4.78, 5) is 8.98. The van der Waals surface area contributed by atoms with Gasteiger partial charge in [-0.05, 0) is 39.0 Å². The van der Waals surface area contributed by atoms with E-state index in [2.05, 4.69) is 20.6 Å². The van der Waals surface area contributed by atoms with Gasteiger partial charge in [-0.3, -0.25) is 0 Å². The van der Waals surface area contributed by atoms with Gasteiger partial charge in [0.1, 0.15) is 11.6 Å². The Kier molecular flexibility index (Phi) is 5.87. The molecule has 0 bridgehead atoms. The second-order valence-electron chi connectivity index (χ2n) is 7.74. The molecule has 0 aliphatic carbocycles. The van der Waals surface area contributed by atoms with Crippen LogP contribution < -0.4 is 15.4 Å². The van der Waals surface area contributed by atoms with E-state index in [1.807, 2.05) is 51.1 Å². The quantitative estimate of drug-likeness (QED) is 0.524. The smallest absolute Gasteiger partial charge is 0.420 e. The van der Waals surface area contributed by atoms with Crippen molar-refractivity contribution in [3.63, 3.8) is 0 Å². The van der Waals surface area contributed by atoms with E-state index >= 15 is 0 Å². The zero-order chi connectivity index (χ0) is 21.9. The number of halogens is 3. The zero-order valence-electron chi connectivity index (χ0n) is 17.1. The van der Waals surface area contributed by atoms with E-state index in [1.54, 1.807) is 6.07 Å². The van der Waals surface area contributed by atoms with Gasteiger partial charge >= 0.3 is 6.18 Å². The number of ether oxygens (including phenoxy) is 1. The third kappa shape index (κ3) is 5.40. The van der Waals surface area contributed by atoms with Crippen molar-refractivity contribution in [1.29, 1.82) is 0 Å². The van der Waals surface area contributed by atoms with E-state index in [4.69, 9.17) is 4.74 Å². The van der Waals surface area contributed by atoms with Crippen molar-refractivity contribution >= 4 is 17.5 Å². The summed E-state index contributed by atoms with van der Waals surface area (Å²) >= 11 is 0. The van der Waals surface area contributed by atoms with Gasteiger partial charge in [0, 0.05) is 22.9 Å². The van der Waals surface area contributed by atoms with Crippen LogP contribution in [0.2, 0.25) is 0 Å². The molecule has 0 saturated heterocycles. The normalized spacial score (nSPS) is 11.8. The van der Waals surface area contributed by atoms with Crippen LogP contribution in [0.1, 0.15) is 26.3 Å². The fraction of sp³-hybridized carbons (Fsp3) is 0.273. The first-order valence-electron chi connectivity index (χ1n) is 9.30. The lowest BCUT2D eigenvalue weighted by atomic mass is 10.1. The molecule has 0 aliphatic rings. The number of alkyl halides is 3. The molecular weight excluding hydrogens is 393 g/mol. The van der Waals surface area contributed by atoms with Crippen LogP contribution in [0.25, 0.3) is 11.3 Å². The molecule has 3 aromatic rings. The van der Waals surface area contributed by atoms with Crippen LogP contribution in [0.3, 0.4) is 0 Å². The molecule has 0 atom stereocenters. The summed E-state index contributed by atoms with van der Waals surface area (Å²) in [6.45, 7) is 5.91. The molecule has 0 aliphatic heterocycles. The molecule has 0 radical (unpaired) electrons. The minimum Gasteiger partial charge on any atom is -0.496 e. The Balaban J connectivity index is 2.02. The monoisotopic (exact) mass is 416 g/mol. The van der Waals surface area contributed by atoms with Gasteiger partial charge in [-0.2, -0.15) is 18.2 Å². The van der Waals surface area contributed by atoms with E-state index in [-0.39, 0.29) is 17.0 Å². The van der Waals surface area contributed by atoms with Crippen LogP contribution in [-0.4, -0.2) is 22.6 Å². The summed E-state index contributed by atoms with van der Waals surface area (Å²) in [5.41, 5.74) is 0.592. The summed E-state index contributed by atoms with van der Waals surface area (Å²) in [6, 6.07) is 15.0. The maximum atomic E-state index is 13.3. The zero-order valence-corrected chi connectivity index (χ0v) is 17.1. The second-order valence-corrected chi connectivity index (χ2v) is 7.74. The highest BCUT2D eigenvalue weighted by molar-refractivity contribution is 5.68. The molecular formula is C22H23F3N4O. The molecule has 0 unspecified atom stereocenters. The predicted molar refractivity (Wildman–Crippen MR) is 112 cm³/mol. The molecule has 3 rings (SSSR count). The van der Waals surface area contributed by atoms with Crippen LogP contribution in [-0.2, 0) is 6.18 Å². The number of aromatic nitrogens is 2. The van der Waals surface area contributed by atoms with Crippen molar-refractivity contribution in [2.45, 2.75) is 32.5 Å². The Bertz CT molecular complexity index is 1020. The topological polar surface area (TPSA) is 59.1 Å². The highest BCUT2D eigenvalue weighted by Gasteiger charge is 2.34. The molecule has 0 spiro atoms. The van der Waals surface area contributed by atoms with Crippen molar-refractivity contribution in [2.75, 3.05) is 17.7 Å². The first kappa shape index (κ1) is 21.4. The minimum absolute atomic E-state index is 0.238. The number of hydrogen-bond acceptors (Lipinski definition) is 5. The number of hydrogen-bond donors (Lipinski definition) is 2. The summed E-state index contributed by atoms with van der Waals surface area (Å²) in [6.07, 6.45) is -4.54. The first-order valence-corrected chi connectivity index (χ1v) is 9.30. The molecule has 30 heavy (non-hydrogen) atoms. The number of benzene rings is 2. The van der Waals surface area contributed by atoms with Crippen molar-refractivity contribution in [3.05, 3.63) is 60.2 Å². The Hall–Kier alpha value is -3.29. The van der Waals surface area contributed by atoms with Gasteiger partial charge in [-0.1, -0.05) is 30.3 Å². The number of nitrogens with zero attached hydrogens (tertiary/aromatic N) is 2. The van der Waals surface area contributed by atoms with Crippen LogP contribution in [0.15, 0.2) is 54.6 Å². The van der Waals surface area contributed by atoms with E-state index in [0.29, 0.717) is 17.5 Å². The van der Waals surface area contributed by atoms with Gasteiger partial charge in [0.25, 0.3) is 0 Å². The molecule has 0 fully saturated rings. The van der Waals surface area contributed by atoms with Gasteiger partial charge in [-0.15, -0.1) is 0 Å². The van der Waals surface area contributed by atoms with Gasteiger partial charge < -0.3 is 15.4 Å². The molecule has 0 saturated carbocycles. The molecule has 1 heterocycles. The van der Waals surface area contributed by atoms with Crippen LogP contribution in [0.4, 0.5) is 30.6 Å². The Morgan fingerprint density at radius 3 is 2.20 bits per heavy atom. The molecule has 1 aromatic heterocycles. The molecule has 5 nitrogen and oxygen atoms in total. The molecule has 0 amide bonds. The lowest BCUT2D eigenvalue weighted by molar-refractivity contribution is -0.138. The average molecular weight is 416 g/mol. The Labute approximate surface area is 173 Å². The third-order valence-electron chi connectivity index (χ3n) is 4.06. The number of rotatable bonds is 5. The maximum absolute atomic E-state index is 13.3. The van der Waals surface area contributed by atoms with Gasteiger partial charge in [-0.25, -0.2) is 4.98 Å². The standard InChI is InChI=1S/C22H23F3N4O/c1-21(2,3)29-20-27-17(14-8-6-5-7-9-14)13-19(28-20)26-15-10-11-18(30-4)16(12-15)22(23,24)25/h5-13H,1-4H3,(H2,26,27,28,29). The van der Waals surface area contributed by atoms with E-state index in [9.17, 15) is 13.2 Å². The molecule has 2 N–H and O–H groups in total. The SMILES string of the molecule is COc1ccc(Nc2cc(-c3ccccc3)nc(NC(C)(C)C)n2)cc1C(F)(F)F. The summed E-state index contributed by atoms with van der Waals surface area (Å²) in [5, 5.41) is 6.17. The van der Waals surface area contributed by atoms with Crippen molar-refractivity contribution in [3.8, 4) is 17.0 Å². The lowest BCUT2D eigenvalue weighted by Crippen LogP contribution is -2.27. The Morgan fingerprint density at radius 2 is 1.60 bits per heavy atom. The van der Waals surface area contributed by atoms with Gasteiger partial charge in [0.05, 0.1) is 18.4 Å². The fourth-order valence-corrected chi connectivity index (χ4v) is 2.81. The van der Waals surface area contributed by atoms with Crippen LogP contribution in [0, 0.1) is 0 Å². The maximum Gasteiger partial charge on any atom is 0.420 e. The molecule has 8 heteroatoms. The average Bonchev–Trinajstić information content (AvgIpc) is 2.66. The summed E-state index contributed by atoms with van der Waals surface area (Å²) < 4.78 is 44.9. The van der Waals surface area contributed by atoms with Crippen LogP contribution >= 0.6 is 0 Å². The molecule has 2 aromatic carbocycles. The largest absolute Gasteiger partial charge is 0.496 e. The fourth-order valence-electron chi connectivity index (χ4n) is 2.81. The van der Waals surface area contributed by atoms with Crippen molar-refractivity contribution in [1.82, 2.24) is 9.97 Å². The van der Waals surface area contributed by atoms with Gasteiger partial charge in [0.2, 0.25) is 5.95 Å². The first-order chi connectivity index (χ1) is 14.0. The van der Waals surface area contributed by atoms with Gasteiger partial charge in [0.15, 0.2) is 0 Å². The lowest BCUT2D eigenvalue weighted by Gasteiger charge is -2.21. The minimum atomic E-state index is -4.54. The molecule has 158 valence electrons. The predicted octanol–water partition coefficient (Wildman–Crippen LogP) is 6.13. The highest BCUT2D eigenvalue weighted by atomic mass is 19.4. The van der Waals surface area contributed by atoms with Crippen molar-refractivity contribution < 1.29 is 17.9 Å². The van der Waals surface area contributed by atoms with E-state index in [1.165, 1.54) is 19.2 Å². The number of nitrogens with one attached hydrogen (secondary N) is 2. The van der Waals surface area contributed by atoms with E-state index < -0.39 is 11.7 Å². The third-order valence-corrected chi connectivity index (χ3v) is 4.06. The summed E-state index contributed by atoms with van der Waals surface area (Å²) in [5.74, 6) is 0.501. The second kappa shape index (κ2) is 8.22. The number of anilines is 3. The highest BCUT2D eigenvalue weighted by Crippen LogP contribution is 2.38. The Morgan fingerprint density at radius 1 is 0.900 bits per heavy atom. The summed E-state index contributed by atoms with van der Waals surface area (Å²) in [7, 11) is 1.21. The number of methoxy groups -OCH3 is 1. The van der Waals surface area contributed by atoms with Crippen molar-refractivity contribution in [2.24, 2.45) is 0 Å².